The van der Waals surface area contributed by atoms with Gasteiger partial charge in [0.15, 0.2) is 10.9 Å². The summed E-state index contributed by atoms with van der Waals surface area (Å²) in [6, 6.07) is 8.56. The zero-order valence-corrected chi connectivity index (χ0v) is 22.7. The molecule has 3 atom stereocenters. The minimum atomic E-state index is -0.502. The Morgan fingerprint density at radius 2 is 2.11 bits per heavy atom. The first-order valence-electron chi connectivity index (χ1n) is 13.1. The Labute approximate surface area is 229 Å². The molecule has 4 saturated heterocycles. The topological polar surface area (TPSA) is 92.4 Å². The molecule has 3 N–H and O–H groups in total. The largest absolute Gasteiger partial charge is 0.462 e. The third-order valence-electron chi connectivity index (χ3n) is 8.24. The maximum absolute atomic E-state index is 16.5. The summed E-state index contributed by atoms with van der Waals surface area (Å²) in [5.74, 6) is 0.183. The molecule has 38 heavy (non-hydrogen) atoms. The average molecular weight is 554 g/mol. The van der Waals surface area contributed by atoms with Gasteiger partial charge in [0, 0.05) is 47.7 Å². The summed E-state index contributed by atoms with van der Waals surface area (Å²) < 4.78 is 23.6. The zero-order valence-electron chi connectivity index (χ0n) is 21.1. The van der Waals surface area contributed by atoms with E-state index >= 15 is 4.39 Å². The highest BCUT2D eigenvalue weighted by molar-refractivity contribution is 7.22. The lowest BCUT2D eigenvalue weighted by atomic mass is 9.92. The number of hydrogen-bond acceptors (Lipinski definition) is 9. The van der Waals surface area contributed by atoms with Crippen molar-refractivity contribution in [2.45, 2.75) is 43.8 Å². The molecule has 4 fully saturated rings. The van der Waals surface area contributed by atoms with Crippen LogP contribution in [0.3, 0.4) is 0 Å². The monoisotopic (exact) mass is 553 g/mol. The minimum absolute atomic E-state index is 0.200. The van der Waals surface area contributed by atoms with Crippen molar-refractivity contribution in [2.24, 2.45) is 0 Å². The van der Waals surface area contributed by atoms with Gasteiger partial charge in [0.2, 0.25) is 0 Å². The number of nitrogens with one attached hydrogen (secondary N) is 1. The van der Waals surface area contributed by atoms with Crippen LogP contribution in [0.5, 0.6) is 6.01 Å². The van der Waals surface area contributed by atoms with E-state index in [9.17, 15) is 0 Å². The Balaban J connectivity index is 1.39. The normalized spacial score (nSPS) is 23.7. The second-order valence-corrected chi connectivity index (χ2v) is 12.0. The number of aromatic nitrogens is 3. The van der Waals surface area contributed by atoms with Crippen molar-refractivity contribution in [1.82, 2.24) is 25.2 Å². The summed E-state index contributed by atoms with van der Waals surface area (Å²) in [5, 5.41) is 4.90. The number of halogens is 2. The molecule has 1 unspecified atom stereocenters. The molecule has 11 heteroatoms. The molecule has 4 aromatic rings. The van der Waals surface area contributed by atoms with Crippen molar-refractivity contribution in [3.63, 3.8) is 0 Å². The van der Waals surface area contributed by atoms with Crippen LogP contribution in [0.15, 0.2) is 24.3 Å². The maximum Gasteiger partial charge on any atom is 0.319 e. The maximum atomic E-state index is 16.5. The molecular formula is C27H29ClFN7OS. The van der Waals surface area contributed by atoms with Crippen molar-refractivity contribution in [3.05, 3.63) is 35.1 Å². The second-order valence-electron chi connectivity index (χ2n) is 10.6. The summed E-state index contributed by atoms with van der Waals surface area (Å²) in [7, 11) is 2.10. The van der Waals surface area contributed by atoms with Gasteiger partial charge in [0.05, 0.1) is 15.2 Å². The molecule has 6 heterocycles. The number of hydrogen-bond donors (Lipinski definition) is 2. The number of nitrogen functional groups attached to an aromatic ring is 1. The number of ether oxygens (including phenoxy) is 1. The number of piperazine rings is 1. The third-order valence-corrected chi connectivity index (χ3v) is 9.39. The Morgan fingerprint density at radius 3 is 2.84 bits per heavy atom. The van der Waals surface area contributed by atoms with Crippen LogP contribution in [0.2, 0.25) is 5.02 Å². The molecule has 4 aliphatic rings. The number of rotatable bonds is 5. The van der Waals surface area contributed by atoms with Gasteiger partial charge in [0.1, 0.15) is 17.9 Å². The molecule has 2 aromatic carbocycles. The van der Waals surface area contributed by atoms with E-state index in [4.69, 9.17) is 27.1 Å². The second kappa shape index (κ2) is 9.44. The Hall–Kier alpha value is -2.79. The van der Waals surface area contributed by atoms with Crippen LogP contribution in [0.25, 0.3) is 32.2 Å². The van der Waals surface area contributed by atoms with Gasteiger partial charge >= 0.3 is 6.01 Å². The summed E-state index contributed by atoms with van der Waals surface area (Å²) >= 11 is 8.19. The van der Waals surface area contributed by atoms with E-state index in [-0.39, 0.29) is 23.1 Å². The van der Waals surface area contributed by atoms with E-state index in [0.29, 0.717) is 51.1 Å². The molecule has 0 spiro atoms. The van der Waals surface area contributed by atoms with Crippen LogP contribution in [0.4, 0.5) is 15.3 Å². The fraction of sp³-hybridized carbons (Fsp3) is 0.444. The number of nitrogens with zero attached hydrogens (tertiary/aromatic N) is 5. The fourth-order valence-electron chi connectivity index (χ4n) is 6.19. The lowest BCUT2D eigenvalue weighted by Gasteiger charge is -2.46. The molecule has 8 rings (SSSR count). The lowest BCUT2D eigenvalue weighted by molar-refractivity contribution is 0.188. The van der Waals surface area contributed by atoms with E-state index in [1.165, 1.54) is 11.3 Å². The van der Waals surface area contributed by atoms with Crippen molar-refractivity contribution in [3.8, 4) is 17.1 Å². The number of para-hydroxylation sites is 1. The number of piperidine rings is 2. The molecule has 4 aliphatic heterocycles. The van der Waals surface area contributed by atoms with E-state index in [1.807, 2.05) is 18.2 Å². The first-order valence-corrected chi connectivity index (χ1v) is 14.3. The Bertz CT molecular complexity index is 1540. The first kappa shape index (κ1) is 24.3. The van der Waals surface area contributed by atoms with Crippen LogP contribution < -0.4 is 20.7 Å². The van der Waals surface area contributed by atoms with E-state index in [2.05, 4.69) is 32.1 Å². The summed E-state index contributed by atoms with van der Waals surface area (Å²) in [6.45, 7) is 3.19. The molecule has 2 aromatic heterocycles. The van der Waals surface area contributed by atoms with Crippen molar-refractivity contribution in [2.75, 3.05) is 43.9 Å². The molecular weight excluding hydrogens is 525 g/mol. The molecule has 198 valence electrons. The molecule has 0 aliphatic carbocycles. The van der Waals surface area contributed by atoms with Crippen LogP contribution in [-0.2, 0) is 0 Å². The standard InChI is InChI=1S/C27H29ClFN7OS/c1-35-9-3-4-16(35)13-37-27-33-24-18(25(34-27)36-12-14-7-8-15(36)11-31-14)10-19(28)21(22(24)29)17-5-2-6-20-23(17)32-26(30)38-20/h2,5-6,10,14-16,31H,3-4,7-9,11-13H2,1H3,(H2,30,32)/t14-,15?,16-/m0/s1. The lowest BCUT2D eigenvalue weighted by Crippen LogP contribution is -2.61. The number of likely N-dealkylation sites (N-methyl/N-ethyl adjacent to an activating group) is 1. The average Bonchev–Trinajstić information content (AvgIpc) is 3.52. The van der Waals surface area contributed by atoms with Gasteiger partial charge < -0.3 is 25.6 Å². The van der Waals surface area contributed by atoms with Gasteiger partial charge in [-0.05, 0) is 51.4 Å². The zero-order chi connectivity index (χ0) is 26.0. The SMILES string of the molecule is CN1CCC[C@H]1COc1nc(N2C[C@@H]3CCC2CN3)c2cc(Cl)c(-c3cccc4sc(N)nc34)c(F)c2n1. The van der Waals surface area contributed by atoms with E-state index in [0.717, 1.165) is 50.0 Å². The Kier molecular flexibility index (Phi) is 6.03. The van der Waals surface area contributed by atoms with Crippen LogP contribution >= 0.6 is 22.9 Å². The van der Waals surface area contributed by atoms with Crippen molar-refractivity contribution >= 4 is 55.0 Å². The highest BCUT2D eigenvalue weighted by Gasteiger charge is 2.36. The highest BCUT2D eigenvalue weighted by atomic mass is 35.5. The molecule has 0 saturated carbocycles. The minimum Gasteiger partial charge on any atom is -0.462 e. The number of anilines is 2. The number of likely N-dealkylation sites (tertiary alicyclic amines) is 1. The summed E-state index contributed by atoms with van der Waals surface area (Å²) in [6.07, 6.45) is 4.39. The van der Waals surface area contributed by atoms with Crippen LogP contribution in [0.1, 0.15) is 25.7 Å². The predicted molar refractivity (Wildman–Crippen MR) is 151 cm³/mol. The quantitative estimate of drug-likeness (QED) is 0.367. The van der Waals surface area contributed by atoms with Gasteiger partial charge in [-0.25, -0.2) is 9.37 Å². The van der Waals surface area contributed by atoms with Gasteiger partial charge in [-0.3, -0.25) is 0 Å². The molecule has 2 bridgehead atoms. The highest BCUT2D eigenvalue weighted by Crippen LogP contribution is 2.43. The van der Waals surface area contributed by atoms with Crippen LogP contribution in [-0.4, -0.2) is 71.3 Å². The van der Waals surface area contributed by atoms with Crippen molar-refractivity contribution < 1.29 is 9.13 Å². The summed E-state index contributed by atoms with van der Waals surface area (Å²) in [4.78, 5) is 18.5. The van der Waals surface area contributed by atoms with Gasteiger partial charge in [-0.15, -0.1) is 0 Å². The number of benzene rings is 2. The van der Waals surface area contributed by atoms with Gasteiger partial charge in [-0.2, -0.15) is 9.97 Å². The number of fused-ring (bicyclic) bond motifs is 5. The number of nitrogens with two attached hydrogens (primary N) is 1. The van der Waals surface area contributed by atoms with Gasteiger partial charge in [-0.1, -0.05) is 35.1 Å². The molecule has 8 nitrogen and oxygen atoms in total. The Morgan fingerprint density at radius 1 is 1.21 bits per heavy atom. The van der Waals surface area contributed by atoms with E-state index < -0.39 is 5.82 Å². The smallest absolute Gasteiger partial charge is 0.319 e. The van der Waals surface area contributed by atoms with Gasteiger partial charge in [0.25, 0.3) is 0 Å². The number of thiazole rings is 1. The van der Waals surface area contributed by atoms with E-state index in [1.54, 1.807) is 6.07 Å². The fourth-order valence-corrected chi connectivity index (χ4v) is 7.24. The molecule has 0 amide bonds. The first-order chi connectivity index (χ1) is 18.5. The molecule has 0 radical (unpaired) electrons. The summed E-state index contributed by atoms with van der Waals surface area (Å²) in [5.41, 5.74) is 7.68. The predicted octanol–water partition coefficient (Wildman–Crippen LogP) is 4.69. The third kappa shape index (κ3) is 4.05. The van der Waals surface area contributed by atoms with Crippen molar-refractivity contribution in [1.29, 1.82) is 0 Å². The van der Waals surface area contributed by atoms with Crippen LogP contribution in [0, 0.1) is 5.82 Å².